The molecule has 0 aliphatic carbocycles. The molecule has 1 atom stereocenters. The van der Waals surface area contributed by atoms with Crippen LogP contribution in [0, 0.1) is 0 Å². The zero-order valence-electron chi connectivity index (χ0n) is 17.4. The molecule has 3 aromatic carbocycles. The third-order valence-corrected chi connectivity index (χ3v) is 6.19. The van der Waals surface area contributed by atoms with Gasteiger partial charge in [0.1, 0.15) is 0 Å². The molecule has 0 fully saturated rings. The lowest BCUT2D eigenvalue weighted by molar-refractivity contribution is -0.117. The maximum Gasteiger partial charge on any atom is 0.262 e. The van der Waals surface area contributed by atoms with E-state index in [2.05, 4.69) is 0 Å². The summed E-state index contributed by atoms with van der Waals surface area (Å²) in [6.45, 7) is 2.25. The Morgan fingerprint density at radius 2 is 1.58 bits per heavy atom. The number of aromatic nitrogens is 2. The molecule has 0 aliphatic rings. The Bertz CT molecular complexity index is 1260. The van der Waals surface area contributed by atoms with Crippen molar-refractivity contribution < 1.29 is 4.79 Å². The zero-order valence-corrected chi connectivity index (χ0v) is 18.3. The molecule has 0 saturated carbocycles. The van der Waals surface area contributed by atoms with Crippen molar-refractivity contribution in [1.29, 1.82) is 0 Å². The van der Waals surface area contributed by atoms with Crippen molar-refractivity contribution in [3.05, 3.63) is 101 Å². The van der Waals surface area contributed by atoms with Crippen molar-refractivity contribution in [3.63, 3.8) is 0 Å². The van der Waals surface area contributed by atoms with Crippen LogP contribution in [-0.2, 0) is 11.3 Å². The molecule has 0 N–H and O–H groups in total. The first-order valence-corrected chi connectivity index (χ1v) is 11.0. The molecule has 4 rings (SSSR count). The number of anilines is 1. The van der Waals surface area contributed by atoms with Crippen molar-refractivity contribution in [1.82, 2.24) is 9.55 Å². The Kier molecular flexibility index (Phi) is 6.18. The minimum Gasteiger partial charge on any atom is -0.315 e. The van der Waals surface area contributed by atoms with Gasteiger partial charge in [0.2, 0.25) is 5.91 Å². The molecule has 0 saturated heterocycles. The maximum atomic E-state index is 13.3. The van der Waals surface area contributed by atoms with E-state index in [1.165, 1.54) is 11.8 Å². The molecule has 6 heteroatoms. The van der Waals surface area contributed by atoms with E-state index in [1.54, 1.807) is 22.6 Å². The number of benzene rings is 3. The monoisotopic (exact) mass is 429 g/mol. The molecule has 4 aromatic rings. The second-order valence-electron chi connectivity index (χ2n) is 7.28. The van der Waals surface area contributed by atoms with Gasteiger partial charge < -0.3 is 4.90 Å². The van der Waals surface area contributed by atoms with Gasteiger partial charge in [0, 0.05) is 12.7 Å². The van der Waals surface area contributed by atoms with Gasteiger partial charge in [-0.25, -0.2) is 4.98 Å². The third kappa shape index (κ3) is 4.54. The first-order valence-electron chi connectivity index (χ1n) is 10.1. The highest BCUT2D eigenvalue weighted by atomic mass is 32.2. The van der Waals surface area contributed by atoms with Gasteiger partial charge in [-0.1, -0.05) is 72.4 Å². The van der Waals surface area contributed by atoms with E-state index in [9.17, 15) is 9.59 Å². The molecule has 0 bridgehead atoms. The van der Waals surface area contributed by atoms with Crippen LogP contribution in [0.25, 0.3) is 10.9 Å². The molecule has 1 amide bonds. The average molecular weight is 430 g/mol. The molecule has 1 heterocycles. The second kappa shape index (κ2) is 9.18. The van der Waals surface area contributed by atoms with Crippen LogP contribution in [0.4, 0.5) is 5.69 Å². The van der Waals surface area contributed by atoms with Gasteiger partial charge in [-0.3, -0.25) is 14.2 Å². The second-order valence-corrected chi connectivity index (χ2v) is 8.59. The standard InChI is InChI=1S/C25H23N3O2S/c1-18(23(29)27(2)20-13-7-4-8-14-20)31-25-26-22-16-10-9-15-21(22)24(30)28(25)17-19-11-5-3-6-12-19/h3-16,18H,17H2,1-2H3/t18-/m1/s1. The quantitative estimate of drug-likeness (QED) is 0.332. The third-order valence-electron chi connectivity index (χ3n) is 5.11. The fourth-order valence-corrected chi connectivity index (χ4v) is 4.40. The Balaban J connectivity index is 1.69. The van der Waals surface area contributed by atoms with Crippen LogP contribution in [0.5, 0.6) is 0 Å². The van der Waals surface area contributed by atoms with Crippen LogP contribution >= 0.6 is 11.8 Å². The number of rotatable bonds is 6. The van der Waals surface area contributed by atoms with Crippen molar-refractivity contribution in [2.45, 2.75) is 23.9 Å². The smallest absolute Gasteiger partial charge is 0.262 e. The minimum atomic E-state index is -0.416. The predicted octanol–water partition coefficient (Wildman–Crippen LogP) is 4.59. The lowest BCUT2D eigenvalue weighted by Gasteiger charge is -2.22. The highest BCUT2D eigenvalue weighted by Gasteiger charge is 2.23. The van der Waals surface area contributed by atoms with Crippen molar-refractivity contribution in [2.24, 2.45) is 0 Å². The number of amides is 1. The summed E-state index contributed by atoms with van der Waals surface area (Å²) < 4.78 is 1.66. The number of carbonyl (C=O) groups excluding carboxylic acids is 1. The van der Waals surface area contributed by atoms with E-state index in [1.807, 2.05) is 85.8 Å². The molecule has 1 aromatic heterocycles. The van der Waals surface area contributed by atoms with E-state index in [4.69, 9.17) is 4.98 Å². The molecule has 0 unspecified atom stereocenters. The molecule has 0 spiro atoms. The van der Waals surface area contributed by atoms with Crippen LogP contribution in [0.1, 0.15) is 12.5 Å². The number of para-hydroxylation sites is 2. The SMILES string of the molecule is C[C@@H](Sc1nc2ccccc2c(=O)n1Cc1ccccc1)C(=O)N(C)c1ccccc1. The van der Waals surface area contributed by atoms with E-state index in [0.717, 1.165) is 11.3 Å². The molecule has 156 valence electrons. The van der Waals surface area contributed by atoms with Crippen LogP contribution in [-0.4, -0.2) is 27.8 Å². The first-order chi connectivity index (χ1) is 15.0. The first kappa shape index (κ1) is 20.9. The summed E-state index contributed by atoms with van der Waals surface area (Å²) in [5.74, 6) is -0.0510. The van der Waals surface area contributed by atoms with Gasteiger partial charge in [0.05, 0.1) is 22.7 Å². The number of fused-ring (bicyclic) bond motifs is 1. The number of carbonyl (C=O) groups is 1. The fourth-order valence-electron chi connectivity index (χ4n) is 3.40. The minimum absolute atomic E-state index is 0.0510. The molecule has 5 nitrogen and oxygen atoms in total. The maximum absolute atomic E-state index is 13.3. The average Bonchev–Trinajstić information content (AvgIpc) is 2.82. The normalized spacial score (nSPS) is 11.9. The van der Waals surface area contributed by atoms with E-state index in [-0.39, 0.29) is 11.5 Å². The predicted molar refractivity (Wildman–Crippen MR) is 127 cm³/mol. The van der Waals surface area contributed by atoms with Gasteiger partial charge in [0.15, 0.2) is 5.16 Å². The molecule has 0 radical (unpaired) electrons. The molecular weight excluding hydrogens is 406 g/mol. The van der Waals surface area contributed by atoms with Crippen LogP contribution in [0.3, 0.4) is 0 Å². The van der Waals surface area contributed by atoms with Crippen molar-refractivity contribution in [2.75, 3.05) is 11.9 Å². The van der Waals surface area contributed by atoms with Crippen LogP contribution in [0.15, 0.2) is 94.9 Å². The lowest BCUT2D eigenvalue weighted by Crippen LogP contribution is -2.34. The Labute approximate surface area is 185 Å². The summed E-state index contributed by atoms with van der Waals surface area (Å²) in [7, 11) is 1.76. The Hall–Kier alpha value is -3.38. The zero-order chi connectivity index (χ0) is 21.8. The van der Waals surface area contributed by atoms with Crippen molar-refractivity contribution in [3.8, 4) is 0 Å². The highest BCUT2D eigenvalue weighted by molar-refractivity contribution is 8.00. The topological polar surface area (TPSA) is 55.2 Å². The van der Waals surface area contributed by atoms with Crippen LogP contribution in [0.2, 0.25) is 0 Å². The van der Waals surface area contributed by atoms with Crippen molar-refractivity contribution >= 4 is 34.3 Å². The number of thioether (sulfide) groups is 1. The summed E-state index contributed by atoms with van der Waals surface area (Å²) >= 11 is 1.31. The summed E-state index contributed by atoms with van der Waals surface area (Å²) in [6.07, 6.45) is 0. The Morgan fingerprint density at radius 3 is 2.29 bits per heavy atom. The molecular formula is C25H23N3O2S. The van der Waals surface area contributed by atoms with E-state index < -0.39 is 5.25 Å². The fraction of sp³-hybridized carbons (Fsp3) is 0.160. The summed E-state index contributed by atoms with van der Waals surface area (Å²) in [5.41, 5.74) is 2.36. The van der Waals surface area contributed by atoms with Gasteiger partial charge in [-0.05, 0) is 36.8 Å². The van der Waals surface area contributed by atoms with Gasteiger partial charge in [-0.15, -0.1) is 0 Å². The number of hydrogen-bond donors (Lipinski definition) is 0. The number of nitrogens with zero attached hydrogens (tertiary/aromatic N) is 3. The summed E-state index contributed by atoms with van der Waals surface area (Å²) in [5, 5.41) is 0.693. The van der Waals surface area contributed by atoms with Gasteiger partial charge in [0.25, 0.3) is 5.56 Å². The largest absolute Gasteiger partial charge is 0.315 e. The van der Waals surface area contributed by atoms with Gasteiger partial charge >= 0.3 is 0 Å². The molecule has 31 heavy (non-hydrogen) atoms. The summed E-state index contributed by atoms with van der Waals surface area (Å²) in [4.78, 5) is 32.7. The molecule has 0 aliphatic heterocycles. The lowest BCUT2D eigenvalue weighted by atomic mass is 10.2. The summed E-state index contributed by atoms with van der Waals surface area (Å²) in [6, 6.07) is 26.6. The van der Waals surface area contributed by atoms with E-state index >= 15 is 0 Å². The number of hydrogen-bond acceptors (Lipinski definition) is 4. The van der Waals surface area contributed by atoms with Gasteiger partial charge in [-0.2, -0.15) is 0 Å². The Morgan fingerprint density at radius 1 is 0.968 bits per heavy atom. The highest BCUT2D eigenvalue weighted by Crippen LogP contribution is 2.26. The van der Waals surface area contributed by atoms with Crippen LogP contribution < -0.4 is 10.5 Å². The van der Waals surface area contributed by atoms with E-state index in [0.29, 0.717) is 22.6 Å².